The average Bonchev–Trinajstić information content (AvgIpc) is 3.19. The van der Waals surface area contributed by atoms with Gasteiger partial charge in [-0.15, -0.1) is 0 Å². The van der Waals surface area contributed by atoms with E-state index in [1.807, 2.05) is 52.0 Å². The van der Waals surface area contributed by atoms with Crippen LogP contribution in [-0.4, -0.2) is 64.5 Å². The zero-order valence-electron chi connectivity index (χ0n) is 20.1. The van der Waals surface area contributed by atoms with Crippen molar-refractivity contribution in [2.24, 2.45) is 0 Å². The van der Waals surface area contributed by atoms with E-state index in [2.05, 4.69) is 20.1 Å². The number of carbonyl (C=O) groups excluding carboxylic acids is 1. The Bertz CT molecular complexity index is 1200. The second kappa shape index (κ2) is 8.84. The molecule has 5 rings (SSSR count). The van der Waals surface area contributed by atoms with Crippen LogP contribution in [0.1, 0.15) is 33.5 Å². The number of ether oxygens (including phenoxy) is 2. The Morgan fingerprint density at radius 2 is 1.76 bits per heavy atom. The van der Waals surface area contributed by atoms with Gasteiger partial charge in [0.1, 0.15) is 11.4 Å². The van der Waals surface area contributed by atoms with Crippen LogP contribution in [-0.2, 0) is 21.6 Å². The predicted octanol–water partition coefficient (Wildman–Crippen LogP) is 3.13. The molecule has 4 heterocycles. The number of aromatic nitrogens is 4. The molecule has 2 N–H and O–H groups in total. The quantitative estimate of drug-likeness (QED) is 0.610. The summed E-state index contributed by atoms with van der Waals surface area (Å²) < 4.78 is 13.7. The molecule has 1 saturated heterocycles. The van der Waals surface area contributed by atoms with Crippen LogP contribution in [0.5, 0.6) is 0 Å². The third-order valence-electron chi connectivity index (χ3n) is 6.02. The van der Waals surface area contributed by atoms with Crippen molar-refractivity contribution in [1.82, 2.24) is 24.8 Å². The fourth-order valence-electron chi connectivity index (χ4n) is 4.37. The summed E-state index contributed by atoms with van der Waals surface area (Å²) in [5, 5.41) is 5.67. The molecule has 0 unspecified atom stereocenters. The van der Waals surface area contributed by atoms with Gasteiger partial charge in [-0.1, -0.05) is 0 Å². The fraction of sp³-hybridized carbons (Fsp3) is 0.500. The Morgan fingerprint density at radius 3 is 2.47 bits per heavy atom. The molecule has 10 nitrogen and oxygen atoms in total. The largest absolute Gasteiger partial charge is 0.378 e. The van der Waals surface area contributed by atoms with Gasteiger partial charge in [0.05, 0.1) is 19.8 Å². The summed E-state index contributed by atoms with van der Waals surface area (Å²) in [7, 11) is 0. The van der Waals surface area contributed by atoms with Crippen LogP contribution in [0, 0.1) is 0 Å². The van der Waals surface area contributed by atoms with Crippen LogP contribution in [0.3, 0.4) is 0 Å². The first kappa shape index (κ1) is 22.5. The molecule has 0 saturated carbocycles. The Kier molecular flexibility index (Phi) is 5.86. The molecule has 2 aliphatic rings. The summed E-state index contributed by atoms with van der Waals surface area (Å²) in [5.74, 6) is 2.31. The molecule has 0 spiro atoms. The van der Waals surface area contributed by atoms with Crippen LogP contribution in [0.2, 0.25) is 0 Å². The first-order valence-electron chi connectivity index (χ1n) is 11.8. The third kappa shape index (κ3) is 4.30. The van der Waals surface area contributed by atoms with E-state index in [9.17, 15) is 4.79 Å². The van der Waals surface area contributed by atoms with E-state index in [0.29, 0.717) is 37.9 Å². The van der Waals surface area contributed by atoms with Crippen molar-refractivity contribution in [3.63, 3.8) is 0 Å². The maximum atomic E-state index is 12.0. The number of imidazole rings is 1. The van der Waals surface area contributed by atoms with Crippen molar-refractivity contribution >= 4 is 28.7 Å². The van der Waals surface area contributed by atoms with Gasteiger partial charge in [-0.05, 0) is 52.0 Å². The molecule has 0 atom stereocenters. The highest BCUT2D eigenvalue weighted by Crippen LogP contribution is 2.35. The number of hydrogen-bond donors (Lipinski definition) is 2. The highest BCUT2D eigenvalue weighted by Gasteiger charge is 2.34. The second-order valence-electron chi connectivity index (χ2n) is 9.42. The number of amides is 2. The standard InChI is InChI=1S/C24H31N7O3/c1-15(2)25-23(32)26-17-7-5-16(6-8-17)19-28-20(30-9-12-33-13-10-30)18-21(29-19)31-11-14-34-24(3,4)22(31)27-18/h5-8,15H,9-14H2,1-4H3,(H2,25,26,32). The number of anilines is 2. The lowest BCUT2D eigenvalue weighted by Gasteiger charge is -2.30. The lowest BCUT2D eigenvalue weighted by molar-refractivity contribution is -0.0530. The van der Waals surface area contributed by atoms with Gasteiger partial charge in [-0.25, -0.2) is 19.7 Å². The molecule has 0 aliphatic carbocycles. The number of benzene rings is 1. The fourth-order valence-corrected chi connectivity index (χ4v) is 4.37. The molecule has 0 bridgehead atoms. The summed E-state index contributed by atoms with van der Waals surface area (Å²) in [6, 6.07) is 7.41. The number of carbonyl (C=O) groups is 1. The lowest BCUT2D eigenvalue weighted by atomic mass is 10.1. The maximum Gasteiger partial charge on any atom is 0.319 e. The van der Waals surface area contributed by atoms with E-state index in [4.69, 9.17) is 24.4 Å². The average molecular weight is 466 g/mol. The summed E-state index contributed by atoms with van der Waals surface area (Å²) >= 11 is 0. The molecular formula is C24H31N7O3. The van der Waals surface area contributed by atoms with Gasteiger partial charge in [-0.2, -0.15) is 0 Å². The molecule has 2 aliphatic heterocycles. The minimum atomic E-state index is -0.495. The van der Waals surface area contributed by atoms with Crippen molar-refractivity contribution in [3.05, 3.63) is 30.1 Å². The number of urea groups is 1. The minimum absolute atomic E-state index is 0.0648. The van der Waals surface area contributed by atoms with E-state index in [-0.39, 0.29) is 12.1 Å². The van der Waals surface area contributed by atoms with Crippen molar-refractivity contribution in [3.8, 4) is 11.4 Å². The van der Waals surface area contributed by atoms with Gasteiger partial charge < -0.3 is 29.6 Å². The number of rotatable bonds is 4. The topological polar surface area (TPSA) is 106 Å². The molecule has 2 amide bonds. The summed E-state index contributed by atoms with van der Waals surface area (Å²) in [4.78, 5) is 29.1. The number of hydrogen-bond acceptors (Lipinski definition) is 7. The molecule has 10 heteroatoms. The monoisotopic (exact) mass is 465 g/mol. The molecular weight excluding hydrogens is 434 g/mol. The second-order valence-corrected chi connectivity index (χ2v) is 9.42. The molecule has 1 aromatic carbocycles. The van der Waals surface area contributed by atoms with E-state index in [1.165, 1.54) is 0 Å². The van der Waals surface area contributed by atoms with Gasteiger partial charge in [0.25, 0.3) is 0 Å². The number of nitrogens with zero attached hydrogens (tertiary/aromatic N) is 5. The molecule has 1 fully saturated rings. The number of fused-ring (bicyclic) bond motifs is 3. The summed E-state index contributed by atoms with van der Waals surface area (Å²) in [6.45, 7) is 12.0. The molecule has 3 aromatic rings. The van der Waals surface area contributed by atoms with Gasteiger partial charge in [-0.3, -0.25) is 0 Å². The van der Waals surface area contributed by atoms with Crippen molar-refractivity contribution in [2.45, 2.75) is 45.9 Å². The van der Waals surface area contributed by atoms with Crippen LogP contribution < -0.4 is 15.5 Å². The SMILES string of the molecule is CC(C)NC(=O)Nc1ccc(-c2nc(N3CCOCC3)c3nc4n(c3n2)CCOC4(C)C)cc1. The highest BCUT2D eigenvalue weighted by atomic mass is 16.5. The Hall–Kier alpha value is -3.24. The van der Waals surface area contributed by atoms with E-state index in [1.54, 1.807) is 0 Å². The number of morpholine rings is 1. The zero-order chi connectivity index (χ0) is 23.9. The van der Waals surface area contributed by atoms with Gasteiger partial charge >= 0.3 is 6.03 Å². The van der Waals surface area contributed by atoms with E-state index in [0.717, 1.165) is 41.5 Å². The van der Waals surface area contributed by atoms with Crippen LogP contribution in [0.25, 0.3) is 22.6 Å². The number of nitrogens with one attached hydrogen (secondary N) is 2. The van der Waals surface area contributed by atoms with Crippen LogP contribution in [0.15, 0.2) is 24.3 Å². The zero-order valence-corrected chi connectivity index (χ0v) is 20.1. The van der Waals surface area contributed by atoms with Crippen molar-refractivity contribution in [2.75, 3.05) is 43.1 Å². The smallest absolute Gasteiger partial charge is 0.319 e. The molecule has 2 aromatic heterocycles. The van der Waals surface area contributed by atoms with Gasteiger partial charge in [0.2, 0.25) is 0 Å². The lowest BCUT2D eigenvalue weighted by Crippen LogP contribution is -2.37. The first-order chi connectivity index (χ1) is 16.3. The van der Waals surface area contributed by atoms with Gasteiger partial charge in [0.15, 0.2) is 22.8 Å². The van der Waals surface area contributed by atoms with Crippen LogP contribution in [0.4, 0.5) is 16.3 Å². The van der Waals surface area contributed by atoms with Crippen molar-refractivity contribution in [1.29, 1.82) is 0 Å². The summed E-state index contributed by atoms with van der Waals surface area (Å²) in [5.41, 5.74) is 2.69. The first-order valence-corrected chi connectivity index (χ1v) is 11.8. The maximum absolute atomic E-state index is 12.0. The third-order valence-corrected chi connectivity index (χ3v) is 6.02. The highest BCUT2D eigenvalue weighted by molar-refractivity contribution is 5.90. The van der Waals surface area contributed by atoms with Crippen LogP contribution >= 0.6 is 0 Å². The minimum Gasteiger partial charge on any atom is -0.378 e. The molecule has 180 valence electrons. The summed E-state index contributed by atoms with van der Waals surface area (Å²) in [6.07, 6.45) is 0. The Labute approximate surface area is 198 Å². The molecule has 0 radical (unpaired) electrons. The van der Waals surface area contributed by atoms with E-state index < -0.39 is 5.60 Å². The normalized spacial score (nSPS) is 17.6. The van der Waals surface area contributed by atoms with E-state index >= 15 is 0 Å². The molecule has 34 heavy (non-hydrogen) atoms. The Morgan fingerprint density at radius 1 is 1.03 bits per heavy atom. The predicted molar refractivity (Wildman–Crippen MR) is 130 cm³/mol. The van der Waals surface area contributed by atoms with Crippen molar-refractivity contribution < 1.29 is 14.3 Å². The van der Waals surface area contributed by atoms with Gasteiger partial charge in [0, 0.05) is 36.9 Å². The Balaban J connectivity index is 1.55.